The summed E-state index contributed by atoms with van der Waals surface area (Å²) in [5, 5.41) is 9.30. The maximum absolute atomic E-state index is 12.8. The van der Waals surface area contributed by atoms with Gasteiger partial charge in [0.25, 0.3) is 5.91 Å². The summed E-state index contributed by atoms with van der Waals surface area (Å²) in [7, 11) is 3.10. The summed E-state index contributed by atoms with van der Waals surface area (Å²) in [6.07, 6.45) is 1.16. The van der Waals surface area contributed by atoms with Crippen molar-refractivity contribution < 1.29 is 28.6 Å². The molecule has 138 valence electrons. The Balaban J connectivity index is 1.92. The van der Waals surface area contributed by atoms with Gasteiger partial charge in [-0.25, -0.2) is 4.79 Å². The maximum Gasteiger partial charge on any atom is 0.326 e. The summed E-state index contributed by atoms with van der Waals surface area (Å²) < 4.78 is 16.3. The average Bonchev–Trinajstić information content (AvgIpc) is 3.27. The van der Waals surface area contributed by atoms with E-state index in [1.165, 1.54) is 4.90 Å². The number of benzene rings is 1. The predicted molar refractivity (Wildman–Crippen MR) is 93.7 cm³/mol. The number of aliphatic carboxylic acids is 1. The zero-order valence-corrected chi connectivity index (χ0v) is 14.9. The summed E-state index contributed by atoms with van der Waals surface area (Å²) in [4.78, 5) is 25.6. The lowest BCUT2D eigenvalue weighted by Gasteiger charge is -2.20. The van der Waals surface area contributed by atoms with Gasteiger partial charge in [0.1, 0.15) is 17.6 Å². The number of furan rings is 1. The van der Waals surface area contributed by atoms with Crippen molar-refractivity contribution in [2.24, 2.45) is 0 Å². The summed E-state index contributed by atoms with van der Waals surface area (Å²) in [6.45, 7) is 2.13. The highest BCUT2D eigenvalue weighted by molar-refractivity contribution is 5.98. The third-order valence-corrected chi connectivity index (χ3v) is 4.61. The molecule has 1 unspecified atom stereocenters. The minimum atomic E-state index is -0.975. The van der Waals surface area contributed by atoms with Crippen LogP contribution in [0.15, 0.2) is 28.7 Å². The van der Waals surface area contributed by atoms with Crippen LogP contribution in [0.25, 0.3) is 11.3 Å². The van der Waals surface area contributed by atoms with E-state index in [2.05, 4.69) is 0 Å². The van der Waals surface area contributed by atoms with Gasteiger partial charge < -0.3 is 23.9 Å². The molecule has 1 aromatic carbocycles. The zero-order chi connectivity index (χ0) is 18.8. The third-order valence-electron chi connectivity index (χ3n) is 4.61. The van der Waals surface area contributed by atoms with Crippen LogP contribution in [0, 0.1) is 6.92 Å². The van der Waals surface area contributed by atoms with E-state index < -0.39 is 12.0 Å². The second kappa shape index (κ2) is 7.11. The van der Waals surface area contributed by atoms with Crippen molar-refractivity contribution in [3.8, 4) is 22.8 Å². The standard InChI is InChI=1S/C19H21NO6/c1-11-13(18(21)20-8-4-5-14(20)19(22)23)10-16(26-11)12-6-7-15(24-2)17(9-12)25-3/h6-7,9-10,14H,4-5,8H2,1-3H3,(H,22,23). The van der Waals surface area contributed by atoms with Gasteiger partial charge in [-0.3, -0.25) is 4.79 Å². The molecular weight excluding hydrogens is 338 g/mol. The van der Waals surface area contributed by atoms with Crippen molar-refractivity contribution in [2.45, 2.75) is 25.8 Å². The molecule has 1 aliphatic heterocycles. The van der Waals surface area contributed by atoms with E-state index in [9.17, 15) is 14.7 Å². The number of carboxylic acid groups (broad SMARTS) is 1. The predicted octanol–water partition coefficient (Wildman–Crippen LogP) is 2.96. The first-order chi connectivity index (χ1) is 12.5. The van der Waals surface area contributed by atoms with E-state index >= 15 is 0 Å². The van der Waals surface area contributed by atoms with Gasteiger partial charge in [-0.05, 0) is 44.0 Å². The summed E-state index contributed by atoms with van der Waals surface area (Å²) in [5.41, 5.74) is 1.11. The average molecular weight is 359 g/mol. The minimum Gasteiger partial charge on any atom is -0.493 e. The minimum absolute atomic E-state index is 0.317. The van der Waals surface area contributed by atoms with Gasteiger partial charge in [0, 0.05) is 12.1 Å². The van der Waals surface area contributed by atoms with E-state index in [4.69, 9.17) is 13.9 Å². The zero-order valence-electron chi connectivity index (χ0n) is 14.9. The quantitative estimate of drug-likeness (QED) is 0.883. The molecular formula is C19H21NO6. The molecule has 7 heteroatoms. The molecule has 7 nitrogen and oxygen atoms in total. The van der Waals surface area contributed by atoms with Crippen LogP contribution in [0.5, 0.6) is 11.5 Å². The molecule has 3 rings (SSSR count). The topological polar surface area (TPSA) is 89.2 Å². The molecule has 1 aromatic heterocycles. The number of carbonyl (C=O) groups excluding carboxylic acids is 1. The van der Waals surface area contributed by atoms with Gasteiger partial charge in [-0.15, -0.1) is 0 Å². The number of carbonyl (C=O) groups is 2. The van der Waals surface area contributed by atoms with Crippen molar-refractivity contribution in [2.75, 3.05) is 20.8 Å². The smallest absolute Gasteiger partial charge is 0.326 e. The van der Waals surface area contributed by atoms with E-state index in [-0.39, 0.29) is 5.91 Å². The number of ether oxygens (including phenoxy) is 2. The molecule has 0 saturated carbocycles. The fourth-order valence-corrected chi connectivity index (χ4v) is 3.25. The summed E-state index contributed by atoms with van der Waals surface area (Å²) >= 11 is 0. The highest BCUT2D eigenvalue weighted by atomic mass is 16.5. The molecule has 2 heterocycles. The molecule has 1 saturated heterocycles. The molecule has 2 aromatic rings. The number of amides is 1. The first-order valence-corrected chi connectivity index (χ1v) is 8.33. The van der Waals surface area contributed by atoms with Crippen LogP contribution in [-0.4, -0.2) is 48.7 Å². The lowest BCUT2D eigenvalue weighted by molar-refractivity contribution is -0.141. The van der Waals surface area contributed by atoms with Gasteiger partial charge in [-0.2, -0.15) is 0 Å². The van der Waals surface area contributed by atoms with Crippen molar-refractivity contribution in [1.29, 1.82) is 0 Å². The number of rotatable bonds is 5. The first kappa shape index (κ1) is 17.8. The molecule has 0 spiro atoms. The van der Waals surface area contributed by atoms with Crippen LogP contribution in [0.1, 0.15) is 29.0 Å². The number of carboxylic acids is 1. The number of likely N-dealkylation sites (tertiary alicyclic amines) is 1. The van der Waals surface area contributed by atoms with Crippen LogP contribution < -0.4 is 9.47 Å². The molecule has 1 amide bonds. The van der Waals surface area contributed by atoms with Gasteiger partial charge in [0.15, 0.2) is 11.5 Å². The molecule has 0 radical (unpaired) electrons. The van der Waals surface area contributed by atoms with Gasteiger partial charge >= 0.3 is 5.97 Å². The Labute approximate surface area is 151 Å². The molecule has 1 fully saturated rings. The Hall–Kier alpha value is -2.96. The van der Waals surface area contributed by atoms with Crippen molar-refractivity contribution in [3.05, 3.63) is 35.6 Å². The molecule has 1 atom stereocenters. The van der Waals surface area contributed by atoms with Crippen LogP contribution in [0.3, 0.4) is 0 Å². The van der Waals surface area contributed by atoms with E-state index in [1.54, 1.807) is 39.3 Å². The molecule has 0 aliphatic carbocycles. The van der Waals surface area contributed by atoms with Gasteiger partial charge in [0.05, 0.1) is 19.8 Å². The van der Waals surface area contributed by atoms with Gasteiger partial charge in [-0.1, -0.05) is 0 Å². The highest BCUT2D eigenvalue weighted by Gasteiger charge is 2.35. The first-order valence-electron chi connectivity index (χ1n) is 8.33. The fourth-order valence-electron chi connectivity index (χ4n) is 3.25. The monoisotopic (exact) mass is 359 g/mol. The van der Waals surface area contributed by atoms with Crippen molar-refractivity contribution in [3.63, 3.8) is 0 Å². The third kappa shape index (κ3) is 3.12. The number of hydrogen-bond donors (Lipinski definition) is 1. The van der Waals surface area contributed by atoms with Crippen molar-refractivity contribution in [1.82, 2.24) is 4.90 Å². The van der Waals surface area contributed by atoms with Crippen LogP contribution in [0.4, 0.5) is 0 Å². The van der Waals surface area contributed by atoms with E-state index in [0.717, 1.165) is 5.56 Å². The highest BCUT2D eigenvalue weighted by Crippen LogP contribution is 2.34. The molecule has 1 N–H and O–H groups in total. The SMILES string of the molecule is COc1ccc(-c2cc(C(=O)N3CCCC3C(=O)O)c(C)o2)cc1OC. The number of aryl methyl sites for hydroxylation is 1. The van der Waals surface area contributed by atoms with Crippen LogP contribution in [-0.2, 0) is 4.79 Å². The Morgan fingerprint density at radius 1 is 1.19 bits per heavy atom. The normalized spacial score (nSPS) is 16.6. The van der Waals surface area contributed by atoms with Gasteiger partial charge in [0.2, 0.25) is 0 Å². The summed E-state index contributed by atoms with van der Waals surface area (Å²) in [5.74, 6) is 0.822. The second-order valence-corrected chi connectivity index (χ2v) is 6.15. The molecule has 0 bridgehead atoms. The number of methoxy groups -OCH3 is 2. The Bertz CT molecular complexity index is 841. The lowest BCUT2D eigenvalue weighted by Crippen LogP contribution is -2.40. The molecule has 1 aliphatic rings. The maximum atomic E-state index is 12.8. The van der Waals surface area contributed by atoms with Crippen LogP contribution >= 0.6 is 0 Å². The largest absolute Gasteiger partial charge is 0.493 e. The number of hydrogen-bond acceptors (Lipinski definition) is 5. The van der Waals surface area contributed by atoms with E-state index in [0.29, 0.717) is 48.0 Å². The Kier molecular flexibility index (Phi) is 4.88. The Morgan fingerprint density at radius 2 is 1.92 bits per heavy atom. The Morgan fingerprint density at radius 3 is 2.58 bits per heavy atom. The molecule has 26 heavy (non-hydrogen) atoms. The van der Waals surface area contributed by atoms with Crippen LogP contribution in [0.2, 0.25) is 0 Å². The fraction of sp³-hybridized carbons (Fsp3) is 0.368. The summed E-state index contributed by atoms with van der Waals surface area (Å²) in [6, 6.07) is 6.21. The number of nitrogens with zero attached hydrogens (tertiary/aromatic N) is 1. The van der Waals surface area contributed by atoms with E-state index in [1.807, 2.05) is 6.07 Å². The lowest BCUT2D eigenvalue weighted by atomic mass is 10.1. The second-order valence-electron chi connectivity index (χ2n) is 6.15. The van der Waals surface area contributed by atoms with Crippen molar-refractivity contribution >= 4 is 11.9 Å².